The number of aromatic nitrogens is 3. The third-order valence-corrected chi connectivity index (χ3v) is 4.44. The number of halogens is 1. The summed E-state index contributed by atoms with van der Waals surface area (Å²) in [6.07, 6.45) is 7.29. The number of allylic oxidation sites excluding steroid dienone is 1. The van der Waals surface area contributed by atoms with Crippen molar-refractivity contribution < 1.29 is 4.39 Å². The van der Waals surface area contributed by atoms with E-state index in [9.17, 15) is 4.39 Å². The molecule has 0 bridgehead atoms. The Morgan fingerprint density at radius 2 is 1.81 bits per heavy atom. The van der Waals surface area contributed by atoms with Gasteiger partial charge in [0.1, 0.15) is 5.82 Å². The van der Waals surface area contributed by atoms with Crippen LogP contribution < -0.4 is 0 Å². The van der Waals surface area contributed by atoms with E-state index < -0.39 is 0 Å². The van der Waals surface area contributed by atoms with E-state index in [0.29, 0.717) is 6.54 Å². The molecule has 128 valence electrons. The molecule has 0 N–H and O–H groups in total. The van der Waals surface area contributed by atoms with Crippen molar-refractivity contribution in [1.29, 1.82) is 0 Å². The lowest BCUT2D eigenvalue weighted by atomic mass is 10.0. The Morgan fingerprint density at radius 1 is 1.08 bits per heavy atom. The minimum Gasteiger partial charge on any atom is -0.335 e. The molecule has 0 aliphatic rings. The molecule has 0 unspecified atom stereocenters. The molecule has 0 saturated carbocycles. The average Bonchev–Trinajstić information content (AvgIpc) is 2.97. The van der Waals surface area contributed by atoms with Gasteiger partial charge in [0, 0.05) is 36.3 Å². The monoisotopic (exact) mass is 343 g/mol. The third kappa shape index (κ3) is 2.69. The standard InChI is InChI=1S/C22H18FN3/c1-3-12-26-19-13-15(2)14-25-21(19)20(16-4-6-18(23)7-5-16)22(26)17-8-10-24-11-9-17/h3-11,13-14H,1,12H2,2H3. The van der Waals surface area contributed by atoms with Gasteiger partial charge < -0.3 is 4.57 Å². The van der Waals surface area contributed by atoms with E-state index in [1.54, 1.807) is 24.5 Å². The summed E-state index contributed by atoms with van der Waals surface area (Å²) in [5, 5.41) is 0. The van der Waals surface area contributed by atoms with Crippen LogP contribution in [0.4, 0.5) is 4.39 Å². The van der Waals surface area contributed by atoms with Gasteiger partial charge in [0.05, 0.1) is 16.7 Å². The topological polar surface area (TPSA) is 30.7 Å². The first-order valence-corrected chi connectivity index (χ1v) is 8.45. The summed E-state index contributed by atoms with van der Waals surface area (Å²) < 4.78 is 15.7. The summed E-state index contributed by atoms with van der Waals surface area (Å²) in [6.45, 7) is 6.59. The molecule has 3 aromatic heterocycles. The van der Waals surface area contributed by atoms with Gasteiger partial charge in [-0.25, -0.2) is 4.39 Å². The van der Waals surface area contributed by atoms with Gasteiger partial charge in [0.25, 0.3) is 0 Å². The Bertz CT molecular complexity index is 1080. The van der Waals surface area contributed by atoms with Crippen molar-refractivity contribution in [3.63, 3.8) is 0 Å². The fraction of sp³-hybridized carbons (Fsp3) is 0.0909. The quantitative estimate of drug-likeness (QED) is 0.465. The molecule has 0 radical (unpaired) electrons. The van der Waals surface area contributed by atoms with Crippen LogP contribution in [0.15, 0.2) is 73.7 Å². The number of pyridine rings is 2. The first-order chi connectivity index (χ1) is 12.7. The third-order valence-electron chi connectivity index (χ3n) is 4.44. The number of rotatable bonds is 4. The predicted octanol–water partition coefficient (Wildman–Crippen LogP) is 5.40. The molecule has 3 nitrogen and oxygen atoms in total. The summed E-state index contributed by atoms with van der Waals surface area (Å²) in [5.41, 5.74) is 7.03. The van der Waals surface area contributed by atoms with Crippen LogP contribution >= 0.6 is 0 Å². The van der Waals surface area contributed by atoms with E-state index in [1.807, 2.05) is 31.3 Å². The molecule has 3 heterocycles. The smallest absolute Gasteiger partial charge is 0.123 e. The first kappa shape index (κ1) is 16.2. The summed E-state index contributed by atoms with van der Waals surface area (Å²) in [7, 11) is 0. The zero-order valence-electron chi connectivity index (χ0n) is 14.5. The summed E-state index contributed by atoms with van der Waals surface area (Å²) >= 11 is 0. The number of hydrogen-bond donors (Lipinski definition) is 0. The maximum Gasteiger partial charge on any atom is 0.123 e. The molecule has 0 atom stereocenters. The van der Waals surface area contributed by atoms with Gasteiger partial charge >= 0.3 is 0 Å². The number of fused-ring (bicyclic) bond motifs is 1. The number of benzene rings is 1. The highest BCUT2D eigenvalue weighted by molar-refractivity contribution is 6.02. The summed E-state index contributed by atoms with van der Waals surface area (Å²) in [5.74, 6) is -0.252. The fourth-order valence-electron chi connectivity index (χ4n) is 3.34. The second-order valence-electron chi connectivity index (χ2n) is 6.25. The van der Waals surface area contributed by atoms with Crippen LogP contribution in [0.2, 0.25) is 0 Å². The van der Waals surface area contributed by atoms with E-state index in [2.05, 4.69) is 22.2 Å². The van der Waals surface area contributed by atoms with Crippen LogP contribution in [-0.2, 0) is 6.54 Å². The van der Waals surface area contributed by atoms with E-state index in [1.165, 1.54) is 12.1 Å². The Balaban J connectivity index is 2.14. The highest BCUT2D eigenvalue weighted by Gasteiger charge is 2.20. The van der Waals surface area contributed by atoms with Gasteiger partial charge in [-0.1, -0.05) is 18.2 Å². The zero-order chi connectivity index (χ0) is 18.1. The largest absolute Gasteiger partial charge is 0.335 e. The Kier molecular flexibility index (Phi) is 4.09. The fourth-order valence-corrected chi connectivity index (χ4v) is 3.34. The molecule has 0 fully saturated rings. The minimum absolute atomic E-state index is 0.252. The van der Waals surface area contributed by atoms with Crippen LogP contribution in [0.3, 0.4) is 0 Å². The second-order valence-corrected chi connectivity index (χ2v) is 6.25. The molecule has 1 aromatic carbocycles. The maximum atomic E-state index is 13.5. The summed E-state index contributed by atoms with van der Waals surface area (Å²) in [6, 6.07) is 12.7. The lowest BCUT2D eigenvalue weighted by Crippen LogP contribution is -1.98. The van der Waals surface area contributed by atoms with Crippen molar-refractivity contribution in [3.8, 4) is 22.4 Å². The molecule has 4 aromatic rings. The molecule has 26 heavy (non-hydrogen) atoms. The van der Waals surface area contributed by atoms with Crippen LogP contribution in [0, 0.1) is 12.7 Å². The number of hydrogen-bond acceptors (Lipinski definition) is 2. The minimum atomic E-state index is -0.252. The highest BCUT2D eigenvalue weighted by atomic mass is 19.1. The van der Waals surface area contributed by atoms with E-state index >= 15 is 0 Å². The average molecular weight is 343 g/mol. The summed E-state index contributed by atoms with van der Waals surface area (Å²) in [4.78, 5) is 8.84. The van der Waals surface area contributed by atoms with Gasteiger partial charge in [-0.05, 0) is 48.4 Å². The number of aryl methyl sites for hydroxylation is 1. The van der Waals surface area contributed by atoms with E-state index in [4.69, 9.17) is 4.98 Å². The first-order valence-electron chi connectivity index (χ1n) is 8.45. The van der Waals surface area contributed by atoms with E-state index in [-0.39, 0.29) is 5.82 Å². The SMILES string of the molecule is C=CCn1c(-c2ccncc2)c(-c2ccc(F)cc2)c2ncc(C)cc21. The lowest BCUT2D eigenvalue weighted by Gasteiger charge is -2.11. The Morgan fingerprint density at radius 3 is 2.50 bits per heavy atom. The van der Waals surface area contributed by atoms with Crippen LogP contribution in [0.25, 0.3) is 33.4 Å². The lowest BCUT2D eigenvalue weighted by molar-refractivity contribution is 0.628. The van der Waals surface area contributed by atoms with Crippen molar-refractivity contribution in [2.75, 3.05) is 0 Å². The molecular formula is C22H18FN3. The molecule has 0 spiro atoms. The second kappa shape index (κ2) is 6.56. The van der Waals surface area contributed by atoms with Crippen molar-refractivity contribution >= 4 is 11.0 Å². The predicted molar refractivity (Wildman–Crippen MR) is 103 cm³/mol. The van der Waals surface area contributed by atoms with Crippen molar-refractivity contribution in [1.82, 2.24) is 14.5 Å². The molecule has 0 amide bonds. The van der Waals surface area contributed by atoms with Crippen LogP contribution in [0.1, 0.15) is 5.56 Å². The highest BCUT2D eigenvalue weighted by Crippen LogP contribution is 2.40. The van der Waals surface area contributed by atoms with Crippen molar-refractivity contribution in [2.45, 2.75) is 13.5 Å². The number of nitrogens with zero attached hydrogens (tertiary/aromatic N) is 3. The van der Waals surface area contributed by atoms with Gasteiger partial charge in [0.15, 0.2) is 0 Å². The molecule has 0 saturated heterocycles. The Labute approximate surface area is 151 Å². The van der Waals surface area contributed by atoms with Gasteiger partial charge in [0.2, 0.25) is 0 Å². The molecule has 0 aliphatic carbocycles. The van der Waals surface area contributed by atoms with Crippen molar-refractivity contribution in [3.05, 3.63) is 85.1 Å². The van der Waals surface area contributed by atoms with Gasteiger partial charge in [-0.2, -0.15) is 0 Å². The van der Waals surface area contributed by atoms with Crippen molar-refractivity contribution in [2.24, 2.45) is 0 Å². The van der Waals surface area contributed by atoms with Crippen LogP contribution in [-0.4, -0.2) is 14.5 Å². The zero-order valence-corrected chi connectivity index (χ0v) is 14.5. The molecule has 0 aliphatic heterocycles. The maximum absolute atomic E-state index is 13.5. The van der Waals surface area contributed by atoms with Gasteiger partial charge in [-0.3, -0.25) is 9.97 Å². The molecule has 4 rings (SSSR count). The van der Waals surface area contributed by atoms with Gasteiger partial charge in [-0.15, -0.1) is 6.58 Å². The normalized spacial score (nSPS) is 11.0. The molecular weight excluding hydrogens is 325 g/mol. The van der Waals surface area contributed by atoms with E-state index in [0.717, 1.165) is 39.0 Å². The van der Waals surface area contributed by atoms with Crippen LogP contribution in [0.5, 0.6) is 0 Å². The Hall–Kier alpha value is -3.27. The molecule has 4 heteroatoms.